The van der Waals surface area contributed by atoms with Crippen molar-refractivity contribution in [3.8, 4) is 17.2 Å². The van der Waals surface area contributed by atoms with Gasteiger partial charge >= 0.3 is 6.09 Å². The molecule has 1 aliphatic heterocycles. The third kappa shape index (κ3) is 4.45. The van der Waals surface area contributed by atoms with E-state index >= 15 is 0 Å². The van der Waals surface area contributed by atoms with Gasteiger partial charge in [-0.3, -0.25) is 0 Å². The summed E-state index contributed by atoms with van der Waals surface area (Å²) in [4.78, 5) is 18.0. The second-order valence-electron chi connectivity index (χ2n) is 6.83. The number of piperidine rings is 1. The molecule has 2 aromatic rings. The molecule has 1 aliphatic rings. The Morgan fingerprint density at radius 3 is 2.67 bits per heavy atom. The quantitative estimate of drug-likeness (QED) is 0.829. The van der Waals surface area contributed by atoms with Gasteiger partial charge in [-0.05, 0) is 62.9 Å². The molecule has 2 heterocycles. The summed E-state index contributed by atoms with van der Waals surface area (Å²) in [6, 6.07) is 3.77. The summed E-state index contributed by atoms with van der Waals surface area (Å²) in [5.41, 5.74) is 8.04. The summed E-state index contributed by atoms with van der Waals surface area (Å²) in [6.07, 6.45) is 1.25. The highest BCUT2D eigenvalue weighted by Gasteiger charge is 2.26. The molecular weight excluding hydrogens is 348 g/mol. The summed E-state index contributed by atoms with van der Waals surface area (Å²) in [6.45, 7) is 7.51. The van der Waals surface area contributed by atoms with E-state index in [9.17, 15) is 4.79 Å². The number of aryl methyl sites for hydroxylation is 1. The lowest BCUT2D eigenvalue weighted by atomic mass is 9.85. The van der Waals surface area contributed by atoms with Gasteiger partial charge in [-0.2, -0.15) is 4.98 Å². The van der Waals surface area contributed by atoms with Gasteiger partial charge in [-0.1, -0.05) is 11.2 Å². The second kappa shape index (κ2) is 8.49. The van der Waals surface area contributed by atoms with E-state index < -0.39 is 6.09 Å². The van der Waals surface area contributed by atoms with Gasteiger partial charge in [-0.15, -0.1) is 0 Å². The predicted molar refractivity (Wildman–Crippen MR) is 99.7 cm³/mol. The molecule has 0 aliphatic carbocycles. The van der Waals surface area contributed by atoms with Crippen LogP contribution in [0.1, 0.15) is 35.7 Å². The van der Waals surface area contributed by atoms with Gasteiger partial charge in [0.2, 0.25) is 0 Å². The molecule has 3 rings (SSSR count). The maximum atomic E-state index is 11.3. The Balaban J connectivity index is 1.88. The van der Waals surface area contributed by atoms with Crippen molar-refractivity contribution in [3.63, 3.8) is 0 Å². The second-order valence-corrected chi connectivity index (χ2v) is 6.83. The number of hydrogen-bond donors (Lipinski definition) is 1. The molecule has 0 spiro atoms. The van der Waals surface area contributed by atoms with E-state index in [1.54, 1.807) is 20.1 Å². The lowest BCUT2D eigenvalue weighted by Gasteiger charge is -2.33. The van der Waals surface area contributed by atoms with Crippen molar-refractivity contribution in [2.75, 3.05) is 33.4 Å². The Labute approximate surface area is 158 Å². The molecule has 27 heavy (non-hydrogen) atoms. The molecule has 1 amide bonds. The number of rotatable bonds is 6. The van der Waals surface area contributed by atoms with E-state index in [1.165, 1.54) is 5.56 Å². The zero-order valence-electron chi connectivity index (χ0n) is 16.0. The number of benzene rings is 1. The highest BCUT2D eigenvalue weighted by Crippen LogP contribution is 2.39. The van der Waals surface area contributed by atoms with Crippen molar-refractivity contribution in [3.05, 3.63) is 29.1 Å². The molecule has 1 fully saturated rings. The fourth-order valence-corrected chi connectivity index (χ4v) is 3.69. The number of nitrogens with zero attached hydrogens (tertiary/aromatic N) is 3. The first-order valence-electron chi connectivity index (χ1n) is 9.12. The fraction of sp³-hybridized carbons (Fsp3) is 0.526. The molecule has 146 valence electrons. The predicted octanol–water partition coefficient (Wildman–Crippen LogP) is 2.64. The van der Waals surface area contributed by atoms with Crippen LogP contribution in [0.3, 0.4) is 0 Å². The highest BCUT2D eigenvalue weighted by molar-refractivity contribution is 5.75. The summed E-state index contributed by atoms with van der Waals surface area (Å²) >= 11 is 0. The van der Waals surface area contributed by atoms with E-state index in [0.29, 0.717) is 28.9 Å². The lowest BCUT2D eigenvalue weighted by molar-refractivity contribution is 0.130. The fourth-order valence-electron chi connectivity index (χ4n) is 3.69. The van der Waals surface area contributed by atoms with E-state index in [1.807, 2.05) is 13.0 Å². The van der Waals surface area contributed by atoms with Crippen molar-refractivity contribution in [2.45, 2.75) is 32.6 Å². The van der Waals surface area contributed by atoms with Gasteiger partial charge in [-0.25, -0.2) is 4.79 Å². The molecule has 8 heteroatoms. The van der Waals surface area contributed by atoms with Crippen molar-refractivity contribution >= 4 is 6.09 Å². The SMILES string of the molecule is COCCN1CCC(c2ccc(OC(N)=O)c(-c3nc(C)no3)c2C)CC1. The van der Waals surface area contributed by atoms with Crippen molar-refractivity contribution in [2.24, 2.45) is 5.73 Å². The molecule has 0 atom stereocenters. The molecule has 2 N–H and O–H groups in total. The van der Waals surface area contributed by atoms with Crippen LogP contribution in [0.15, 0.2) is 16.7 Å². The molecule has 0 unspecified atom stereocenters. The monoisotopic (exact) mass is 374 g/mol. The maximum absolute atomic E-state index is 11.3. The summed E-state index contributed by atoms with van der Waals surface area (Å²) in [5.74, 6) is 1.62. The minimum Gasteiger partial charge on any atom is -0.410 e. The van der Waals surface area contributed by atoms with E-state index in [2.05, 4.69) is 15.0 Å². The Morgan fingerprint density at radius 1 is 1.33 bits per heavy atom. The van der Waals surface area contributed by atoms with Crippen LogP contribution in [0.4, 0.5) is 4.79 Å². The number of primary amides is 1. The number of amides is 1. The average molecular weight is 374 g/mol. The standard InChI is InChI=1S/C19H26N4O4/c1-12-15(14-6-8-23(9-7-14)10-11-25-3)4-5-16(26-19(20)24)17(12)18-21-13(2)22-27-18/h4-5,14H,6-11H2,1-3H3,(H2,20,24). The molecule has 1 aromatic carbocycles. The van der Waals surface area contributed by atoms with Gasteiger partial charge in [0.25, 0.3) is 5.89 Å². The van der Waals surface area contributed by atoms with Gasteiger partial charge in [0.15, 0.2) is 5.82 Å². The minimum absolute atomic E-state index is 0.334. The molecular formula is C19H26N4O4. The van der Waals surface area contributed by atoms with Crippen molar-refractivity contribution < 1.29 is 18.8 Å². The van der Waals surface area contributed by atoms with Gasteiger partial charge in [0.05, 0.1) is 12.2 Å². The Morgan fingerprint density at radius 2 is 2.07 bits per heavy atom. The average Bonchev–Trinajstić information content (AvgIpc) is 3.06. The van der Waals surface area contributed by atoms with Crippen molar-refractivity contribution in [1.29, 1.82) is 0 Å². The maximum Gasteiger partial charge on any atom is 0.409 e. The van der Waals surface area contributed by atoms with Crippen LogP contribution in [0.25, 0.3) is 11.5 Å². The smallest absolute Gasteiger partial charge is 0.409 e. The number of carbonyl (C=O) groups excluding carboxylic acids is 1. The van der Waals surface area contributed by atoms with Crippen LogP contribution >= 0.6 is 0 Å². The zero-order chi connectivity index (χ0) is 19.4. The molecule has 0 saturated carbocycles. The van der Waals surface area contributed by atoms with Gasteiger partial charge in [0.1, 0.15) is 5.75 Å². The summed E-state index contributed by atoms with van der Waals surface area (Å²) in [7, 11) is 1.73. The first kappa shape index (κ1) is 19.3. The normalized spacial score (nSPS) is 15.8. The van der Waals surface area contributed by atoms with Gasteiger partial charge in [0, 0.05) is 13.7 Å². The number of likely N-dealkylation sites (tertiary alicyclic amines) is 1. The van der Waals surface area contributed by atoms with E-state index in [4.69, 9.17) is 19.7 Å². The molecule has 1 aromatic heterocycles. The van der Waals surface area contributed by atoms with Crippen molar-refractivity contribution in [1.82, 2.24) is 15.0 Å². The molecule has 1 saturated heterocycles. The number of nitrogens with two attached hydrogens (primary N) is 1. The van der Waals surface area contributed by atoms with Crippen LogP contribution in [-0.4, -0.2) is 54.5 Å². The van der Waals surface area contributed by atoms with E-state index in [0.717, 1.165) is 44.6 Å². The third-order valence-electron chi connectivity index (χ3n) is 5.06. The first-order chi connectivity index (χ1) is 13.0. The third-order valence-corrected chi connectivity index (χ3v) is 5.06. The number of aromatic nitrogens is 2. The number of carbonyl (C=O) groups is 1. The zero-order valence-corrected chi connectivity index (χ0v) is 16.0. The van der Waals surface area contributed by atoms with Crippen LogP contribution in [-0.2, 0) is 4.74 Å². The van der Waals surface area contributed by atoms with Crippen LogP contribution < -0.4 is 10.5 Å². The molecule has 0 radical (unpaired) electrons. The van der Waals surface area contributed by atoms with Crippen LogP contribution in [0.5, 0.6) is 5.75 Å². The molecule has 0 bridgehead atoms. The minimum atomic E-state index is -0.869. The lowest BCUT2D eigenvalue weighted by Crippen LogP contribution is -2.35. The highest BCUT2D eigenvalue weighted by atomic mass is 16.5. The number of ether oxygens (including phenoxy) is 2. The van der Waals surface area contributed by atoms with Gasteiger partial charge < -0.3 is 24.6 Å². The van der Waals surface area contributed by atoms with E-state index in [-0.39, 0.29) is 0 Å². The largest absolute Gasteiger partial charge is 0.410 e. The van der Waals surface area contributed by atoms with Crippen LogP contribution in [0, 0.1) is 13.8 Å². The topological polar surface area (TPSA) is 104 Å². The number of methoxy groups -OCH3 is 1. The molecule has 8 nitrogen and oxygen atoms in total. The Hall–Kier alpha value is -2.45. The number of hydrogen-bond acceptors (Lipinski definition) is 7. The summed E-state index contributed by atoms with van der Waals surface area (Å²) in [5, 5.41) is 3.86. The Kier molecular flexibility index (Phi) is 6.08. The Bertz CT molecular complexity index is 797. The summed E-state index contributed by atoms with van der Waals surface area (Å²) < 4.78 is 15.7. The first-order valence-corrected chi connectivity index (χ1v) is 9.12. The van der Waals surface area contributed by atoms with Crippen LogP contribution in [0.2, 0.25) is 0 Å².